The minimum atomic E-state index is -2.60. The Kier molecular flexibility index (Phi) is 3.45. The molecule has 0 saturated carbocycles. The van der Waals surface area contributed by atoms with Crippen LogP contribution >= 0.6 is 11.6 Å². The van der Waals surface area contributed by atoms with Gasteiger partial charge in [-0.2, -0.15) is 0 Å². The summed E-state index contributed by atoms with van der Waals surface area (Å²) in [7, 11) is 0. The average Bonchev–Trinajstić information content (AvgIpc) is 2.17. The van der Waals surface area contributed by atoms with Crippen LogP contribution in [0.15, 0.2) is 24.3 Å². The molecular weight excluding hydrogens is 210 g/mol. The van der Waals surface area contributed by atoms with Gasteiger partial charge in [-0.25, -0.2) is 8.78 Å². The summed E-state index contributed by atoms with van der Waals surface area (Å²) in [5, 5.41) is 9.45. The van der Waals surface area contributed by atoms with Crippen molar-refractivity contribution in [2.75, 3.05) is 6.61 Å². The number of rotatable bonds is 3. The predicted octanol–water partition coefficient (Wildman–Crippen LogP) is 2.86. The van der Waals surface area contributed by atoms with Gasteiger partial charge in [-0.15, -0.1) is 0 Å². The van der Waals surface area contributed by atoms with E-state index in [9.17, 15) is 8.78 Å². The molecule has 0 aliphatic rings. The summed E-state index contributed by atoms with van der Waals surface area (Å²) in [6, 6.07) is 6.08. The van der Waals surface area contributed by atoms with E-state index in [0.717, 1.165) is 0 Å². The Bertz CT molecular complexity index is 299. The third-order valence-electron chi connectivity index (χ3n) is 2.31. The lowest BCUT2D eigenvalue weighted by atomic mass is 9.84. The summed E-state index contributed by atoms with van der Waals surface area (Å²) in [6.07, 6.45) is -2.60. The molecule has 0 aromatic heterocycles. The van der Waals surface area contributed by atoms with Crippen molar-refractivity contribution in [3.05, 3.63) is 34.9 Å². The minimum Gasteiger partial charge on any atom is -0.395 e. The molecule has 1 aromatic rings. The van der Waals surface area contributed by atoms with Gasteiger partial charge >= 0.3 is 0 Å². The van der Waals surface area contributed by atoms with Crippen molar-refractivity contribution >= 4 is 11.6 Å². The quantitative estimate of drug-likeness (QED) is 0.831. The van der Waals surface area contributed by atoms with E-state index in [4.69, 9.17) is 16.7 Å². The molecule has 1 unspecified atom stereocenters. The fourth-order valence-corrected chi connectivity index (χ4v) is 1.24. The number of hydrogen-bond acceptors (Lipinski definition) is 1. The van der Waals surface area contributed by atoms with Crippen molar-refractivity contribution in [1.82, 2.24) is 0 Å². The number of hydrogen-bond donors (Lipinski definition) is 1. The van der Waals surface area contributed by atoms with E-state index in [1.807, 2.05) is 0 Å². The van der Waals surface area contributed by atoms with E-state index in [2.05, 4.69) is 0 Å². The largest absolute Gasteiger partial charge is 0.395 e. The molecule has 1 rings (SSSR count). The van der Waals surface area contributed by atoms with Crippen molar-refractivity contribution in [1.29, 1.82) is 0 Å². The van der Waals surface area contributed by atoms with Crippen LogP contribution in [-0.4, -0.2) is 18.1 Å². The first-order valence-corrected chi connectivity index (χ1v) is 4.53. The minimum absolute atomic E-state index is 0.388. The third kappa shape index (κ3) is 2.04. The van der Waals surface area contributed by atoms with Crippen LogP contribution in [-0.2, 0) is 5.41 Å². The smallest absolute Gasteiger partial charge is 0.250 e. The lowest BCUT2D eigenvalue weighted by Gasteiger charge is -2.26. The van der Waals surface area contributed by atoms with E-state index >= 15 is 0 Å². The zero-order chi connectivity index (χ0) is 10.8. The van der Waals surface area contributed by atoms with Crippen molar-refractivity contribution < 1.29 is 13.9 Å². The fraction of sp³-hybridized carbons (Fsp3) is 0.400. The normalized spacial score (nSPS) is 15.6. The molecule has 0 aliphatic heterocycles. The standard InChI is InChI=1S/C10H11ClF2O/c1-10(6-14,9(12)13)7-2-4-8(11)5-3-7/h2-5,9,14H,6H2,1H3. The summed E-state index contributed by atoms with van der Waals surface area (Å²) in [6.45, 7) is 0.729. The van der Waals surface area contributed by atoms with E-state index in [1.165, 1.54) is 31.2 Å². The highest BCUT2D eigenvalue weighted by atomic mass is 35.5. The Morgan fingerprint density at radius 3 is 2.21 bits per heavy atom. The topological polar surface area (TPSA) is 20.2 Å². The molecule has 1 aromatic carbocycles. The Balaban J connectivity index is 3.06. The highest BCUT2D eigenvalue weighted by Gasteiger charge is 2.36. The molecule has 0 spiro atoms. The van der Waals surface area contributed by atoms with Crippen molar-refractivity contribution in [3.8, 4) is 0 Å². The maximum Gasteiger partial charge on any atom is 0.250 e. The van der Waals surface area contributed by atoms with Gasteiger partial charge in [0.25, 0.3) is 0 Å². The monoisotopic (exact) mass is 220 g/mol. The SMILES string of the molecule is CC(CO)(c1ccc(Cl)cc1)C(F)F. The number of benzene rings is 1. The summed E-state index contributed by atoms with van der Waals surface area (Å²) in [4.78, 5) is 0. The van der Waals surface area contributed by atoms with Gasteiger partial charge in [-0.05, 0) is 24.6 Å². The maximum atomic E-state index is 12.7. The van der Waals surface area contributed by atoms with Gasteiger partial charge in [0.05, 0.1) is 12.0 Å². The maximum absolute atomic E-state index is 12.7. The first kappa shape index (κ1) is 11.4. The summed E-state index contributed by atoms with van der Waals surface area (Å²) in [5.41, 5.74) is -1.12. The van der Waals surface area contributed by atoms with E-state index in [0.29, 0.717) is 10.6 Å². The van der Waals surface area contributed by atoms with Crippen molar-refractivity contribution in [2.24, 2.45) is 0 Å². The second-order valence-corrected chi connectivity index (χ2v) is 3.82. The first-order chi connectivity index (χ1) is 6.50. The van der Waals surface area contributed by atoms with Crippen LogP contribution in [0.4, 0.5) is 8.78 Å². The molecule has 0 amide bonds. The van der Waals surface area contributed by atoms with Crippen LogP contribution in [0, 0.1) is 0 Å². The second kappa shape index (κ2) is 4.24. The molecule has 0 bridgehead atoms. The van der Waals surface area contributed by atoms with Gasteiger partial charge in [0, 0.05) is 5.02 Å². The highest BCUT2D eigenvalue weighted by Crippen LogP contribution is 2.30. The Hall–Kier alpha value is -0.670. The molecule has 1 N–H and O–H groups in total. The molecule has 1 nitrogen and oxygen atoms in total. The molecular formula is C10H11ClF2O. The summed E-state index contributed by atoms with van der Waals surface area (Å²) in [5.74, 6) is 0. The molecule has 78 valence electrons. The molecule has 0 saturated heterocycles. The number of aliphatic hydroxyl groups is 1. The van der Waals surface area contributed by atoms with Crippen LogP contribution in [0.3, 0.4) is 0 Å². The molecule has 4 heteroatoms. The van der Waals surface area contributed by atoms with Crippen LogP contribution in [0.2, 0.25) is 5.02 Å². The van der Waals surface area contributed by atoms with E-state index in [-0.39, 0.29) is 0 Å². The van der Waals surface area contributed by atoms with Crippen LogP contribution in [0.25, 0.3) is 0 Å². The average molecular weight is 221 g/mol. The lowest BCUT2D eigenvalue weighted by Crippen LogP contribution is -2.34. The summed E-state index contributed by atoms with van der Waals surface area (Å²) >= 11 is 5.63. The Morgan fingerprint density at radius 1 is 1.36 bits per heavy atom. The van der Waals surface area contributed by atoms with Gasteiger partial charge in [0.15, 0.2) is 0 Å². The van der Waals surface area contributed by atoms with Crippen LogP contribution in [0.1, 0.15) is 12.5 Å². The first-order valence-electron chi connectivity index (χ1n) is 4.16. The van der Waals surface area contributed by atoms with Crippen molar-refractivity contribution in [2.45, 2.75) is 18.8 Å². The van der Waals surface area contributed by atoms with Gasteiger partial charge in [0.2, 0.25) is 6.43 Å². The Morgan fingerprint density at radius 2 is 1.86 bits per heavy atom. The number of aliphatic hydroxyl groups excluding tert-OH is 1. The van der Waals surface area contributed by atoms with Crippen LogP contribution in [0.5, 0.6) is 0 Å². The highest BCUT2D eigenvalue weighted by molar-refractivity contribution is 6.30. The van der Waals surface area contributed by atoms with Gasteiger partial charge in [-0.3, -0.25) is 0 Å². The van der Waals surface area contributed by atoms with E-state index in [1.54, 1.807) is 0 Å². The molecule has 0 fully saturated rings. The third-order valence-corrected chi connectivity index (χ3v) is 2.57. The summed E-state index contributed by atoms with van der Waals surface area (Å²) < 4.78 is 25.4. The second-order valence-electron chi connectivity index (χ2n) is 3.38. The molecule has 0 aliphatic carbocycles. The van der Waals surface area contributed by atoms with Gasteiger partial charge in [-0.1, -0.05) is 23.7 Å². The number of alkyl halides is 2. The van der Waals surface area contributed by atoms with Gasteiger partial charge in [0.1, 0.15) is 0 Å². The van der Waals surface area contributed by atoms with Gasteiger partial charge < -0.3 is 5.11 Å². The van der Waals surface area contributed by atoms with E-state index < -0.39 is 18.4 Å². The lowest BCUT2D eigenvalue weighted by molar-refractivity contribution is 0.0228. The molecule has 0 heterocycles. The zero-order valence-electron chi connectivity index (χ0n) is 7.67. The fourth-order valence-electron chi connectivity index (χ4n) is 1.12. The van der Waals surface area contributed by atoms with Crippen LogP contribution < -0.4 is 0 Å². The molecule has 14 heavy (non-hydrogen) atoms. The zero-order valence-corrected chi connectivity index (χ0v) is 8.43. The number of halogens is 3. The molecule has 0 radical (unpaired) electrons. The predicted molar refractivity (Wildman–Crippen MR) is 51.9 cm³/mol. The van der Waals surface area contributed by atoms with Crippen molar-refractivity contribution in [3.63, 3.8) is 0 Å². The molecule has 1 atom stereocenters. The Labute approximate surface area is 86.3 Å².